The highest BCUT2D eigenvalue weighted by Gasteiger charge is 2.25. The third-order valence-corrected chi connectivity index (χ3v) is 4.07. The molecule has 1 unspecified atom stereocenters. The topological polar surface area (TPSA) is 84.8 Å². The summed E-state index contributed by atoms with van der Waals surface area (Å²) in [5.74, 6) is -1.27. The fourth-order valence-corrected chi connectivity index (χ4v) is 2.75. The first-order valence-electron chi connectivity index (χ1n) is 8.11. The van der Waals surface area contributed by atoms with Crippen LogP contribution in [-0.2, 0) is 26.1 Å². The van der Waals surface area contributed by atoms with Gasteiger partial charge in [0.25, 0.3) is 0 Å². The molecule has 1 aliphatic rings. The number of ether oxygens (including phenoxy) is 2. The third-order valence-electron chi connectivity index (χ3n) is 4.07. The van der Waals surface area contributed by atoms with E-state index in [0.717, 1.165) is 18.8 Å². The number of hydrogen-bond donors (Lipinski definition) is 2. The van der Waals surface area contributed by atoms with Crippen LogP contribution in [0.4, 0.5) is 0 Å². The quantitative estimate of drug-likeness (QED) is 0.506. The second kappa shape index (κ2) is 9.41. The van der Waals surface area contributed by atoms with Crippen molar-refractivity contribution in [3.63, 3.8) is 0 Å². The molecule has 0 saturated carbocycles. The molecular weight excluding hydrogens is 312 g/mol. The molecule has 2 rings (SSSR count). The van der Waals surface area contributed by atoms with E-state index in [0.29, 0.717) is 32.9 Å². The number of carbonyl (C=O) groups excluding carboxylic acids is 2. The van der Waals surface area contributed by atoms with Crippen molar-refractivity contribution in [3.05, 3.63) is 24.0 Å². The van der Waals surface area contributed by atoms with Gasteiger partial charge in [0.15, 0.2) is 0 Å². The number of rotatable bonds is 7. The van der Waals surface area contributed by atoms with E-state index in [1.54, 1.807) is 7.11 Å². The lowest BCUT2D eigenvalue weighted by atomic mass is 10.1. The van der Waals surface area contributed by atoms with Crippen molar-refractivity contribution in [3.8, 4) is 0 Å². The Morgan fingerprint density at radius 1 is 1.29 bits per heavy atom. The third kappa shape index (κ3) is 5.05. The van der Waals surface area contributed by atoms with Crippen molar-refractivity contribution >= 4 is 11.8 Å². The maximum absolute atomic E-state index is 12.0. The van der Waals surface area contributed by atoms with Crippen molar-refractivity contribution < 1.29 is 19.1 Å². The highest BCUT2D eigenvalue weighted by molar-refractivity contribution is 6.35. The number of nitrogens with zero attached hydrogens (tertiary/aromatic N) is 2. The zero-order chi connectivity index (χ0) is 17.4. The summed E-state index contributed by atoms with van der Waals surface area (Å²) in [6, 6.07) is 4.01. The number of amides is 2. The van der Waals surface area contributed by atoms with Crippen LogP contribution in [0.5, 0.6) is 0 Å². The first-order chi connectivity index (χ1) is 11.6. The molecule has 1 saturated heterocycles. The number of hydrogen-bond acceptors (Lipinski definition) is 5. The van der Waals surface area contributed by atoms with E-state index in [1.807, 2.05) is 29.9 Å². The Kier molecular flexibility index (Phi) is 7.23. The Hall–Kier alpha value is -1.90. The van der Waals surface area contributed by atoms with Crippen LogP contribution in [0.25, 0.3) is 0 Å². The van der Waals surface area contributed by atoms with Crippen LogP contribution in [0, 0.1) is 0 Å². The Morgan fingerprint density at radius 3 is 2.62 bits per heavy atom. The summed E-state index contributed by atoms with van der Waals surface area (Å²) in [6.45, 7) is 4.00. The van der Waals surface area contributed by atoms with Crippen LogP contribution < -0.4 is 10.6 Å². The number of carbonyl (C=O) groups is 2. The molecule has 1 aliphatic heterocycles. The molecule has 1 atom stereocenters. The number of nitrogens with one attached hydrogen (secondary N) is 2. The van der Waals surface area contributed by atoms with Gasteiger partial charge in [-0.25, -0.2) is 0 Å². The molecular formula is C16H26N4O4. The van der Waals surface area contributed by atoms with Gasteiger partial charge in [0, 0.05) is 52.2 Å². The SMILES string of the molecule is COCCNC(=O)C(=O)NCC(c1cccn1C)N1CCOCC1. The number of aryl methyl sites for hydroxylation is 1. The van der Waals surface area contributed by atoms with Gasteiger partial charge in [0.05, 0.1) is 25.9 Å². The van der Waals surface area contributed by atoms with Crippen LogP contribution in [-0.4, -0.2) is 74.4 Å². The predicted octanol–water partition coefficient (Wildman–Crippen LogP) is -0.723. The van der Waals surface area contributed by atoms with E-state index in [2.05, 4.69) is 15.5 Å². The fraction of sp³-hybridized carbons (Fsp3) is 0.625. The molecule has 0 bridgehead atoms. The fourth-order valence-electron chi connectivity index (χ4n) is 2.75. The van der Waals surface area contributed by atoms with E-state index < -0.39 is 11.8 Å². The standard InChI is InChI=1S/C16H26N4O4/c1-19-6-3-4-13(19)14(20-7-10-24-11-8-20)12-18-16(22)15(21)17-5-9-23-2/h3-4,6,14H,5,7-12H2,1-2H3,(H,17,21)(H,18,22). The van der Waals surface area contributed by atoms with E-state index in [1.165, 1.54) is 0 Å². The highest BCUT2D eigenvalue weighted by Crippen LogP contribution is 2.21. The molecule has 0 spiro atoms. The summed E-state index contributed by atoms with van der Waals surface area (Å²) < 4.78 is 12.3. The summed E-state index contributed by atoms with van der Waals surface area (Å²) >= 11 is 0. The average molecular weight is 338 g/mol. The lowest BCUT2D eigenvalue weighted by molar-refractivity contribution is -0.139. The van der Waals surface area contributed by atoms with E-state index >= 15 is 0 Å². The largest absolute Gasteiger partial charge is 0.383 e. The van der Waals surface area contributed by atoms with Crippen LogP contribution in [0.1, 0.15) is 11.7 Å². The summed E-state index contributed by atoms with van der Waals surface area (Å²) in [6.07, 6.45) is 1.97. The zero-order valence-corrected chi connectivity index (χ0v) is 14.3. The molecule has 1 aromatic rings. The molecule has 2 N–H and O–H groups in total. The van der Waals surface area contributed by atoms with Crippen LogP contribution in [0.3, 0.4) is 0 Å². The summed E-state index contributed by atoms with van der Waals surface area (Å²) in [7, 11) is 3.51. The number of morpholine rings is 1. The lowest BCUT2D eigenvalue weighted by Crippen LogP contribution is -2.47. The maximum atomic E-state index is 12.0. The average Bonchev–Trinajstić information content (AvgIpc) is 3.02. The van der Waals surface area contributed by atoms with Crippen molar-refractivity contribution in [1.29, 1.82) is 0 Å². The maximum Gasteiger partial charge on any atom is 0.309 e. The van der Waals surface area contributed by atoms with E-state index in [4.69, 9.17) is 9.47 Å². The van der Waals surface area contributed by atoms with Crippen molar-refractivity contribution in [2.45, 2.75) is 6.04 Å². The van der Waals surface area contributed by atoms with Crippen molar-refractivity contribution in [1.82, 2.24) is 20.1 Å². The van der Waals surface area contributed by atoms with Gasteiger partial charge >= 0.3 is 11.8 Å². The molecule has 0 aromatic carbocycles. The minimum absolute atomic E-state index is 0.00428. The molecule has 8 heteroatoms. The monoisotopic (exact) mass is 338 g/mol. The van der Waals surface area contributed by atoms with Gasteiger partial charge in [-0.3, -0.25) is 14.5 Å². The minimum Gasteiger partial charge on any atom is -0.383 e. The second-order valence-corrected chi connectivity index (χ2v) is 5.67. The highest BCUT2D eigenvalue weighted by atomic mass is 16.5. The smallest absolute Gasteiger partial charge is 0.309 e. The summed E-state index contributed by atoms with van der Waals surface area (Å²) in [4.78, 5) is 26.0. The Labute approximate surface area is 142 Å². The molecule has 2 amide bonds. The van der Waals surface area contributed by atoms with Crippen molar-refractivity contribution in [2.24, 2.45) is 7.05 Å². The Balaban J connectivity index is 1.94. The van der Waals surface area contributed by atoms with Gasteiger partial charge in [-0.1, -0.05) is 0 Å². The number of aromatic nitrogens is 1. The summed E-state index contributed by atoms with van der Waals surface area (Å²) in [5.41, 5.74) is 1.09. The van der Waals surface area contributed by atoms with Gasteiger partial charge in [-0.05, 0) is 12.1 Å². The Bertz CT molecular complexity index is 540. The van der Waals surface area contributed by atoms with Crippen molar-refractivity contribution in [2.75, 3.05) is 53.1 Å². The van der Waals surface area contributed by atoms with E-state index in [-0.39, 0.29) is 6.04 Å². The first-order valence-corrected chi connectivity index (χ1v) is 8.11. The molecule has 0 aliphatic carbocycles. The van der Waals surface area contributed by atoms with Gasteiger partial charge in [0.1, 0.15) is 0 Å². The van der Waals surface area contributed by atoms with Gasteiger partial charge < -0.3 is 24.7 Å². The normalized spacial score (nSPS) is 16.6. The zero-order valence-electron chi connectivity index (χ0n) is 14.3. The van der Waals surface area contributed by atoms with E-state index in [9.17, 15) is 9.59 Å². The first kappa shape index (κ1) is 18.4. The van der Waals surface area contributed by atoms with Crippen LogP contribution >= 0.6 is 0 Å². The molecule has 24 heavy (non-hydrogen) atoms. The molecule has 0 radical (unpaired) electrons. The molecule has 134 valence electrons. The molecule has 2 heterocycles. The lowest BCUT2D eigenvalue weighted by Gasteiger charge is -2.34. The van der Waals surface area contributed by atoms with Gasteiger partial charge in [-0.2, -0.15) is 0 Å². The molecule has 8 nitrogen and oxygen atoms in total. The molecule has 1 aromatic heterocycles. The number of methoxy groups -OCH3 is 1. The van der Waals surface area contributed by atoms with Crippen LogP contribution in [0.2, 0.25) is 0 Å². The summed E-state index contributed by atoms with van der Waals surface area (Å²) in [5, 5.41) is 5.25. The Morgan fingerprint density at radius 2 is 2.00 bits per heavy atom. The van der Waals surface area contributed by atoms with Crippen LogP contribution in [0.15, 0.2) is 18.3 Å². The van der Waals surface area contributed by atoms with Gasteiger partial charge in [-0.15, -0.1) is 0 Å². The van der Waals surface area contributed by atoms with Gasteiger partial charge in [0.2, 0.25) is 0 Å². The molecule has 1 fully saturated rings. The second-order valence-electron chi connectivity index (χ2n) is 5.67. The minimum atomic E-state index is -0.639. The predicted molar refractivity (Wildman–Crippen MR) is 88.4 cm³/mol.